The average molecular weight is 223 g/mol. The van der Waals surface area contributed by atoms with Gasteiger partial charge in [-0.25, -0.2) is 0 Å². The summed E-state index contributed by atoms with van der Waals surface area (Å²) >= 11 is 1.78. The highest BCUT2D eigenvalue weighted by Gasteiger charge is 2.12. The molecule has 2 rings (SSSR count). The Bertz CT molecular complexity index is 293. The molecule has 1 fully saturated rings. The Hall–Kier alpha value is -0.670. The van der Waals surface area contributed by atoms with Crippen LogP contribution in [0.2, 0.25) is 0 Å². The molecule has 15 heavy (non-hydrogen) atoms. The zero-order chi connectivity index (χ0) is 10.5. The van der Waals surface area contributed by atoms with Gasteiger partial charge in [-0.2, -0.15) is 0 Å². The van der Waals surface area contributed by atoms with Crippen molar-refractivity contribution in [2.75, 3.05) is 24.8 Å². The molecule has 0 saturated carbocycles. The van der Waals surface area contributed by atoms with Crippen molar-refractivity contribution in [2.24, 2.45) is 0 Å². The van der Waals surface area contributed by atoms with Crippen molar-refractivity contribution >= 4 is 17.4 Å². The molecule has 0 radical (unpaired) electrons. The molecule has 0 atom stereocenters. The Morgan fingerprint density at radius 2 is 1.87 bits per heavy atom. The van der Waals surface area contributed by atoms with Crippen LogP contribution in [0.3, 0.4) is 0 Å². The third-order valence-electron chi connectivity index (χ3n) is 2.68. The summed E-state index contributed by atoms with van der Waals surface area (Å²) in [5.74, 6) is 0. The van der Waals surface area contributed by atoms with E-state index in [0.29, 0.717) is 6.04 Å². The van der Waals surface area contributed by atoms with E-state index < -0.39 is 0 Å². The average Bonchev–Trinajstić information content (AvgIpc) is 2.31. The van der Waals surface area contributed by atoms with Crippen LogP contribution in [0.5, 0.6) is 0 Å². The number of benzene rings is 1. The van der Waals surface area contributed by atoms with E-state index in [4.69, 9.17) is 4.74 Å². The molecule has 0 aromatic heterocycles. The minimum atomic E-state index is 0.582. The zero-order valence-electron chi connectivity index (χ0n) is 9.03. The van der Waals surface area contributed by atoms with Gasteiger partial charge in [0.15, 0.2) is 0 Å². The van der Waals surface area contributed by atoms with E-state index in [1.54, 1.807) is 11.8 Å². The van der Waals surface area contributed by atoms with E-state index in [2.05, 4.69) is 35.8 Å². The molecule has 2 nitrogen and oxygen atoms in total. The molecule has 82 valence electrons. The molecule has 1 N–H and O–H groups in total. The molecular weight excluding hydrogens is 206 g/mol. The first-order chi connectivity index (χ1) is 7.38. The van der Waals surface area contributed by atoms with Crippen molar-refractivity contribution in [2.45, 2.75) is 23.8 Å². The SMILES string of the molecule is CSc1ccc(NC2CCOCC2)cc1. The molecule has 1 aliphatic rings. The van der Waals surface area contributed by atoms with Crippen molar-refractivity contribution in [3.63, 3.8) is 0 Å². The van der Waals surface area contributed by atoms with Gasteiger partial charge in [-0.15, -0.1) is 11.8 Å². The minimum Gasteiger partial charge on any atom is -0.382 e. The maximum atomic E-state index is 5.33. The normalized spacial score (nSPS) is 17.7. The van der Waals surface area contributed by atoms with E-state index in [-0.39, 0.29) is 0 Å². The van der Waals surface area contributed by atoms with Crippen LogP contribution in [0.1, 0.15) is 12.8 Å². The molecular formula is C12H17NOS. The van der Waals surface area contributed by atoms with Gasteiger partial charge in [0.25, 0.3) is 0 Å². The molecule has 1 heterocycles. The number of hydrogen-bond acceptors (Lipinski definition) is 3. The van der Waals surface area contributed by atoms with Crippen LogP contribution in [0.4, 0.5) is 5.69 Å². The summed E-state index contributed by atoms with van der Waals surface area (Å²) in [5, 5.41) is 3.54. The maximum absolute atomic E-state index is 5.33. The molecule has 0 aliphatic carbocycles. The lowest BCUT2D eigenvalue weighted by Gasteiger charge is -2.24. The monoisotopic (exact) mass is 223 g/mol. The van der Waals surface area contributed by atoms with Crippen molar-refractivity contribution < 1.29 is 4.74 Å². The van der Waals surface area contributed by atoms with Crippen LogP contribution >= 0.6 is 11.8 Å². The summed E-state index contributed by atoms with van der Waals surface area (Å²) in [4.78, 5) is 1.31. The predicted octanol–water partition coefficient (Wildman–Crippen LogP) is 3.00. The van der Waals surface area contributed by atoms with E-state index in [9.17, 15) is 0 Å². The topological polar surface area (TPSA) is 21.3 Å². The van der Waals surface area contributed by atoms with Gasteiger partial charge in [-0.05, 0) is 43.4 Å². The summed E-state index contributed by atoms with van der Waals surface area (Å²) in [6.07, 6.45) is 4.33. The van der Waals surface area contributed by atoms with Gasteiger partial charge in [0, 0.05) is 29.8 Å². The fraction of sp³-hybridized carbons (Fsp3) is 0.500. The van der Waals surface area contributed by atoms with Crippen LogP contribution in [0.15, 0.2) is 29.2 Å². The first-order valence-corrected chi connectivity index (χ1v) is 6.59. The van der Waals surface area contributed by atoms with E-state index in [0.717, 1.165) is 26.1 Å². The molecule has 0 unspecified atom stereocenters. The lowest BCUT2D eigenvalue weighted by molar-refractivity contribution is 0.0904. The number of ether oxygens (including phenoxy) is 1. The molecule has 0 spiro atoms. The Morgan fingerprint density at radius 1 is 1.20 bits per heavy atom. The van der Waals surface area contributed by atoms with Crippen LogP contribution in [-0.2, 0) is 4.74 Å². The molecule has 0 amide bonds. The standard InChI is InChI=1S/C12H17NOS/c1-15-12-4-2-10(3-5-12)13-11-6-8-14-9-7-11/h2-5,11,13H,6-9H2,1H3. The summed E-state index contributed by atoms with van der Waals surface area (Å²) in [6, 6.07) is 9.21. The number of hydrogen-bond donors (Lipinski definition) is 1. The Balaban J connectivity index is 1.91. The lowest BCUT2D eigenvalue weighted by Crippen LogP contribution is -2.27. The Morgan fingerprint density at radius 3 is 2.47 bits per heavy atom. The van der Waals surface area contributed by atoms with Gasteiger partial charge in [0.1, 0.15) is 0 Å². The summed E-state index contributed by atoms with van der Waals surface area (Å²) in [7, 11) is 0. The van der Waals surface area contributed by atoms with Crippen molar-refractivity contribution in [1.82, 2.24) is 0 Å². The van der Waals surface area contributed by atoms with Gasteiger partial charge >= 0.3 is 0 Å². The van der Waals surface area contributed by atoms with Crippen LogP contribution < -0.4 is 5.32 Å². The largest absolute Gasteiger partial charge is 0.382 e. The van der Waals surface area contributed by atoms with Gasteiger partial charge in [0.05, 0.1) is 0 Å². The second-order valence-electron chi connectivity index (χ2n) is 3.76. The second kappa shape index (κ2) is 5.42. The molecule has 0 bridgehead atoms. The molecule has 3 heteroatoms. The van der Waals surface area contributed by atoms with E-state index >= 15 is 0 Å². The molecule has 1 aromatic rings. The zero-order valence-corrected chi connectivity index (χ0v) is 9.85. The second-order valence-corrected chi connectivity index (χ2v) is 4.64. The van der Waals surface area contributed by atoms with Crippen LogP contribution in [0.25, 0.3) is 0 Å². The van der Waals surface area contributed by atoms with Gasteiger partial charge < -0.3 is 10.1 Å². The highest BCUT2D eigenvalue weighted by molar-refractivity contribution is 7.98. The van der Waals surface area contributed by atoms with Gasteiger partial charge in [0.2, 0.25) is 0 Å². The number of thioether (sulfide) groups is 1. The summed E-state index contributed by atoms with van der Waals surface area (Å²) < 4.78 is 5.33. The first-order valence-electron chi connectivity index (χ1n) is 5.37. The Kier molecular flexibility index (Phi) is 3.92. The molecule has 1 aliphatic heterocycles. The van der Waals surface area contributed by atoms with Crippen LogP contribution in [-0.4, -0.2) is 25.5 Å². The highest BCUT2D eigenvalue weighted by Crippen LogP contribution is 2.19. The van der Waals surface area contributed by atoms with Crippen molar-refractivity contribution in [3.05, 3.63) is 24.3 Å². The first kappa shape index (κ1) is 10.8. The van der Waals surface area contributed by atoms with Gasteiger partial charge in [-0.3, -0.25) is 0 Å². The molecule has 1 aromatic carbocycles. The Labute approximate surface area is 95.4 Å². The lowest BCUT2D eigenvalue weighted by atomic mass is 10.1. The summed E-state index contributed by atoms with van der Waals surface area (Å²) in [5.41, 5.74) is 1.22. The number of rotatable bonds is 3. The minimum absolute atomic E-state index is 0.582. The number of anilines is 1. The van der Waals surface area contributed by atoms with Crippen LogP contribution in [0, 0.1) is 0 Å². The smallest absolute Gasteiger partial charge is 0.0485 e. The third kappa shape index (κ3) is 3.14. The summed E-state index contributed by atoms with van der Waals surface area (Å²) in [6.45, 7) is 1.78. The van der Waals surface area contributed by atoms with Gasteiger partial charge in [-0.1, -0.05) is 0 Å². The quantitative estimate of drug-likeness (QED) is 0.796. The van der Waals surface area contributed by atoms with E-state index in [1.165, 1.54) is 10.6 Å². The predicted molar refractivity (Wildman–Crippen MR) is 65.7 cm³/mol. The highest BCUT2D eigenvalue weighted by atomic mass is 32.2. The third-order valence-corrected chi connectivity index (χ3v) is 3.43. The number of nitrogens with one attached hydrogen (secondary N) is 1. The fourth-order valence-electron chi connectivity index (χ4n) is 1.76. The van der Waals surface area contributed by atoms with Crippen molar-refractivity contribution in [3.8, 4) is 0 Å². The van der Waals surface area contributed by atoms with E-state index in [1.807, 2.05) is 0 Å². The van der Waals surface area contributed by atoms with Crippen molar-refractivity contribution in [1.29, 1.82) is 0 Å². The molecule has 1 saturated heterocycles. The fourth-order valence-corrected chi connectivity index (χ4v) is 2.17. The maximum Gasteiger partial charge on any atom is 0.0485 e.